The molecule has 0 unspecified atom stereocenters. The number of pyridine rings is 1. The maximum atomic E-state index is 5.84. The lowest BCUT2D eigenvalue weighted by molar-refractivity contribution is 0.620. The molecular weight excluding hydrogens is 208 g/mol. The van der Waals surface area contributed by atoms with Crippen LogP contribution < -0.4 is 5.32 Å². The lowest BCUT2D eigenvalue weighted by Crippen LogP contribution is -2.18. The van der Waals surface area contributed by atoms with Gasteiger partial charge < -0.3 is 5.32 Å². The minimum atomic E-state index is 0.564. The quantitative estimate of drug-likeness (QED) is 0.610. The maximum absolute atomic E-state index is 5.84. The molecule has 1 aliphatic rings. The van der Waals surface area contributed by atoms with Crippen molar-refractivity contribution in [2.45, 2.75) is 44.6 Å². The van der Waals surface area contributed by atoms with Gasteiger partial charge in [0.2, 0.25) is 0 Å². The molecule has 0 bridgehead atoms. The van der Waals surface area contributed by atoms with Gasteiger partial charge in [0.1, 0.15) is 5.15 Å². The first-order valence-electron chi connectivity index (χ1n) is 5.73. The van der Waals surface area contributed by atoms with E-state index >= 15 is 0 Å². The van der Waals surface area contributed by atoms with Gasteiger partial charge in [-0.15, -0.1) is 0 Å². The van der Waals surface area contributed by atoms with Gasteiger partial charge in [-0.1, -0.05) is 37.3 Å². The number of anilines is 1. The average Bonchev–Trinajstić information content (AvgIpc) is 2.46. The van der Waals surface area contributed by atoms with Crippen molar-refractivity contribution < 1.29 is 0 Å². The van der Waals surface area contributed by atoms with Crippen LogP contribution in [0, 0.1) is 0 Å². The highest BCUT2D eigenvalue weighted by molar-refractivity contribution is 6.29. The number of rotatable bonds is 2. The summed E-state index contributed by atoms with van der Waals surface area (Å²) in [7, 11) is 0. The first-order chi connectivity index (χ1) is 7.34. The Labute approximate surface area is 96.1 Å². The van der Waals surface area contributed by atoms with Gasteiger partial charge in [0.15, 0.2) is 0 Å². The molecule has 0 spiro atoms. The number of halogens is 1. The lowest BCUT2D eigenvalue weighted by atomic mass is 10.1. The molecule has 1 aromatic heterocycles. The summed E-state index contributed by atoms with van der Waals surface area (Å²) in [5.41, 5.74) is 1.10. The van der Waals surface area contributed by atoms with Crippen LogP contribution in [0.5, 0.6) is 0 Å². The summed E-state index contributed by atoms with van der Waals surface area (Å²) in [4.78, 5) is 3.98. The number of hydrogen-bond acceptors (Lipinski definition) is 2. The molecule has 1 aromatic rings. The highest BCUT2D eigenvalue weighted by atomic mass is 35.5. The minimum absolute atomic E-state index is 0.564. The zero-order valence-electron chi connectivity index (χ0n) is 8.88. The second-order valence-electron chi connectivity index (χ2n) is 4.20. The Morgan fingerprint density at radius 3 is 2.60 bits per heavy atom. The van der Waals surface area contributed by atoms with E-state index < -0.39 is 0 Å². The summed E-state index contributed by atoms with van der Waals surface area (Å²) in [6, 6.07) is 4.49. The largest absolute Gasteiger partial charge is 0.382 e. The predicted octanol–water partition coefficient (Wildman–Crippen LogP) is 3.87. The van der Waals surface area contributed by atoms with Crippen LogP contribution in [0.2, 0.25) is 5.15 Å². The van der Waals surface area contributed by atoms with Crippen LogP contribution in [0.1, 0.15) is 38.5 Å². The monoisotopic (exact) mass is 224 g/mol. The Kier molecular flexibility index (Phi) is 3.84. The summed E-state index contributed by atoms with van der Waals surface area (Å²) >= 11 is 5.84. The van der Waals surface area contributed by atoms with Crippen molar-refractivity contribution in [1.82, 2.24) is 4.98 Å². The first-order valence-corrected chi connectivity index (χ1v) is 6.10. The highest BCUT2D eigenvalue weighted by Gasteiger charge is 2.11. The van der Waals surface area contributed by atoms with Crippen molar-refractivity contribution in [2.75, 3.05) is 5.32 Å². The number of aromatic nitrogens is 1. The van der Waals surface area contributed by atoms with E-state index in [4.69, 9.17) is 11.6 Å². The standard InChI is InChI=1S/C12H17ClN2/c13-12-9-11(7-8-14-12)15-10-5-3-1-2-4-6-10/h7-10H,1-6H2,(H,14,15). The zero-order valence-corrected chi connectivity index (χ0v) is 9.63. The Morgan fingerprint density at radius 2 is 1.93 bits per heavy atom. The molecule has 0 atom stereocenters. The van der Waals surface area contributed by atoms with Gasteiger partial charge in [0.05, 0.1) is 0 Å². The normalized spacial score (nSPS) is 18.5. The van der Waals surface area contributed by atoms with Gasteiger partial charge in [-0.3, -0.25) is 0 Å². The predicted molar refractivity (Wildman–Crippen MR) is 64.4 cm³/mol. The summed E-state index contributed by atoms with van der Waals surface area (Å²) < 4.78 is 0. The molecule has 15 heavy (non-hydrogen) atoms. The molecule has 3 heteroatoms. The molecule has 1 fully saturated rings. The van der Waals surface area contributed by atoms with Crippen molar-refractivity contribution in [3.05, 3.63) is 23.5 Å². The van der Waals surface area contributed by atoms with Crippen molar-refractivity contribution in [3.63, 3.8) is 0 Å². The van der Waals surface area contributed by atoms with Gasteiger partial charge in [-0.25, -0.2) is 4.98 Å². The van der Waals surface area contributed by atoms with E-state index in [2.05, 4.69) is 10.3 Å². The van der Waals surface area contributed by atoms with Gasteiger partial charge in [-0.2, -0.15) is 0 Å². The second-order valence-corrected chi connectivity index (χ2v) is 4.59. The first kappa shape index (κ1) is 10.7. The Bertz CT molecular complexity index is 306. The molecule has 0 amide bonds. The number of nitrogens with one attached hydrogen (secondary N) is 1. The molecule has 0 aliphatic heterocycles. The van der Waals surface area contributed by atoms with Crippen LogP contribution in [0.15, 0.2) is 18.3 Å². The molecule has 0 aromatic carbocycles. The van der Waals surface area contributed by atoms with Crippen LogP contribution in [-0.4, -0.2) is 11.0 Å². The van der Waals surface area contributed by atoms with E-state index in [-0.39, 0.29) is 0 Å². The van der Waals surface area contributed by atoms with Gasteiger partial charge >= 0.3 is 0 Å². The lowest BCUT2D eigenvalue weighted by Gasteiger charge is -2.17. The van der Waals surface area contributed by atoms with Gasteiger partial charge in [-0.05, 0) is 25.0 Å². The van der Waals surface area contributed by atoms with E-state index in [0.29, 0.717) is 11.2 Å². The molecule has 1 saturated carbocycles. The molecule has 0 radical (unpaired) electrons. The second kappa shape index (κ2) is 5.36. The van der Waals surface area contributed by atoms with E-state index in [1.54, 1.807) is 6.20 Å². The third kappa shape index (κ3) is 3.38. The molecule has 2 rings (SSSR count). The number of hydrogen-bond donors (Lipinski definition) is 1. The summed E-state index contributed by atoms with van der Waals surface area (Å²) in [6.45, 7) is 0. The zero-order chi connectivity index (χ0) is 10.5. The molecule has 1 N–H and O–H groups in total. The van der Waals surface area contributed by atoms with E-state index in [9.17, 15) is 0 Å². The summed E-state index contributed by atoms with van der Waals surface area (Å²) in [5.74, 6) is 0. The van der Waals surface area contributed by atoms with Crippen LogP contribution >= 0.6 is 11.6 Å². The van der Waals surface area contributed by atoms with Gasteiger partial charge in [0, 0.05) is 17.9 Å². The summed E-state index contributed by atoms with van der Waals surface area (Å²) in [5, 5.41) is 4.10. The van der Waals surface area contributed by atoms with Crippen molar-refractivity contribution in [2.24, 2.45) is 0 Å². The molecule has 2 nitrogen and oxygen atoms in total. The van der Waals surface area contributed by atoms with Crippen LogP contribution in [0.4, 0.5) is 5.69 Å². The smallest absolute Gasteiger partial charge is 0.131 e. The van der Waals surface area contributed by atoms with Crippen LogP contribution in [-0.2, 0) is 0 Å². The highest BCUT2D eigenvalue weighted by Crippen LogP contribution is 2.21. The SMILES string of the molecule is Clc1cc(NC2CCCCCC2)ccn1. The molecule has 0 saturated heterocycles. The minimum Gasteiger partial charge on any atom is -0.382 e. The van der Waals surface area contributed by atoms with E-state index in [0.717, 1.165) is 5.69 Å². The fourth-order valence-electron chi connectivity index (χ4n) is 2.15. The van der Waals surface area contributed by atoms with E-state index in [1.807, 2.05) is 12.1 Å². The average molecular weight is 225 g/mol. The van der Waals surface area contributed by atoms with Crippen molar-refractivity contribution >= 4 is 17.3 Å². The van der Waals surface area contributed by atoms with Crippen LogP contribution in [0.25, 0.3) is 0 Å². The third-order valence-electron chi connectivity index (χ3n) is 2.95. The topological polar surface area (TPSA) is 24.9 Å². The van der Waals surface area contributed by atoms with Gasteiger partial charge in [0.25, 0.3) is 0 Å². The number of nitrogens with zero attached hydrogens (tertiary/aromatic N) is 1. The molecule has 82 valence electrons. The van der Waals surface area contributed by atoms with E-state index in [1.165, 1.54) is 38.5 Å². The molecule has 1 heterocycles. The van der Waals surface area contributed by atoms with Crippen molar-refractivity contribution in [1.29, 1.82) is 0 Å². The third-order valence-corrected chi connectivity index (χ3v) is 3.16. The van der Waals surface area contributed by atoms with Crippen LogP contribution in [0.3, 0.4) is 0 Å². The Hall–Kier alpha value is -0.760. The fraction of sp³-hybridized carbons (Fsp3) is 0.583. The fourth-order valence-corrected chi connectivity index (χ4v) is 2.33. The summed E-state index contributed by atoms with van der Waals surface area (Å²) in [6.07, 6.45) is 9.76. The maximum Gasteiger partial charge on any atom is 0.131 e. The Morgan fingerprint density at radius 1 is 1.20 bits per heavy atom. The Balaban J connectivity index is 1.95. The molecular formula is C12H17ClN2. The van der Waals surface area contributed by atoms with Crippen molar-refractivity contribution in [3.8, 4) is 0 Å². The molecule has 1 aliphatic carbocycles.